The predicted molar refractivity (Wildman–Crippen MR) is 241 cm³/mol. The van der Waals surface area contributed by atoms with E-state index in [4.69, 9.17) is 0 Å². The summed E-state index contributed by atoms with van der Waals surface area (Å²) < 4.78 is 5.17. The molecule has 2 aromatic heterocycles. The molecule has 0 aliphatic rings. The van der Waals surface area contributed by atoms with Crippen molar-refractivity contribution in [3.63, 3.8) is 0 Å². The van der Waals surface area contributed by atoms with Gasteiger partial charge in [0.2, 0.25) is 0 Å². The lowest BCUT2D eigenvalue weighted by atomic mass is 9.96. The zero-order chi connectivity index (χ0) is 36.3. The summed E-state index contributed by atoms with van der Waals surface area (Å²) in [5.41, 5.74) is 10.9. The summed E-state index contributed by atoms with van der Waals surface area (Å²) in [6.07, 6.45) is 0. The molecule has 0 atom stereocenters. The Morgan fingerprint density at radius 3 is 1.78 bits per heavy atom. The molecule has 11 rings (SSSR count). The highest BCUT2D eigenvalue weighted by atomic mass is 32.1. The van der Waals surface area contributed by atoms with Crippen molar-refractivity contribution < 1.29 is 0 Å². The Morgan fingerprint density at radius 1 is 0.327 bits per heavy atom. The van der Waals surface area contributed by atoms with Crippen molar-refractivity contribution in [3.05, 3.63) is 200 Å². The molecule has 0 fully saturated rings. The fourth-order valence-corrected chi connectivity index (χ4v) is 10.8. The van der Waals surface area contributed by atoms with Crippen molar-refractivity contribution in [2.24, 2.45) is 0 Å². The standard InChI is InChI=1S/C52H33NS2/c1-3-14-36(15-4-1)41-31-32-47(52-49(41)45-22-11-20-42(50(45)55-52)37-16-5-2-6-17-37)53(46-23-12-21-44-43-19-9-10-24-48(43)54-51(44)46)40-29-27-35(28-30-40)39-26-25-34-13-7-8-18-38(34)33-39/h1-33H. The lowest BCUT2D eigenvalue weighted by Gasteiger charge is -2.27. The molecule has 0 bridgehead atoms. The van der Waals surface area contributed by atoms with Crippen LogP contribution in [0.1, 0.15) is 0 Å². The molecule has 0 radical (unpaired) electrons. The molecule has 0 aliphatic heterocycles. The van der Waals surface area contributed by atoms with Crippen molar-refractivity contribution in [2.75, 3.05) is 4.90 Å². The van der Waals surface area contributed by atoms with Crippen molar-refractivity contribution in [2.45, 2.75) is 0 Å². The average Bonchev–Trinajstić information content (AvgIpc) is 3.85. The minimum Gasteiger partial charge on any atom is -0.308 e. The van der Waals surface area contributed by atoms with Gasteiger partial charge in [-0.3, -0.25) is 0 Å². The van der Waals surface area contributed by atoms with E-state index in [1.807, 2.05) is 22.7 Å². The largest absolute Gasteiger partial charge is 0.308 e. The molecule has 3 heteroatoms. The number of hydrogen-bond acceptors (Lipinski definition) is 3. The van der Waals surface area contributed by atoms with Gasteiger partial charge in [0, 0.05) is 36.6 Å². The van der Waals surface area contributed by atoms with E-state index in [2.05, 4.69) is 205 Å². The molecule has 1 nitrogen and oxygen atoms in total. The third-order valence-electron chi connectivity index (χ3n) is 10.9. The maximum Gasteiger partial charge on any atom is 0.0641 e. The fraction of sp³-hybridized carbons (Fsp3) is 0. The molecule has 258 valence electrons. The van der Waals surface area contributed by atoms with Gasteiger partial charge in [0.15, 0.2) is 0 Å². The van der Waals surface area contributed by atoms with Crippen LogP contribution in [0.3, 0.4) is 0 Å². The quantitative estimate of drug-likeness (QED) is 0.164. The van der Waals surface area contributed by atoms with Crippen molar-refractivity contribution in [1.29, 1.82) is 0 Å². The smallest absolute Gasteiger partial charge is 0.0641 e. The summed E-state index contributed by atoms with van der Waals surface area (Å²) in [7, 11) is 0. The molecule has 0 spiro atoms. The molecule has 0 unspecified atom stereocenters. The zero-order valence-corrected chi connectivity index (χ0v) is 31.4. The zero-order valence-electron chi connectivity index (χ0n) is 29.8. The van der Waals surface area contributed by atoms with Crippen LogP contribution in [-0.2, 0) is 0 Å². The van der Waals surface area contributed by atoms with Crippen LogP contribution in [0.5, 0.6) is 0 Å². The number of thiophene rings is 2. The number of anilines is 3. The summed E-state index contributed by atoms with van der Waals surface area (Å²) in [6, 6.07) is 73.3. The van der Waals surface area contributed by atoms with E-state index in [1.165, 1.54) is 95.9 Å². The van der Waals surface area contributed by atoms with E-state index in [0.717, 1.165) is 5.69 Å². The van der Waals surface area contributed by atoms with Gasteiger partial charge in [-0.15, -0.1) is 22.7 Å². The second-order valence-electron chi connectivity index (χ2n) is 14.0. The van der Waals surface area contributed by atoms with E-state index in [9.17, 15) is 0 Å². The number of hydrogen-bond donors (Lipinski definition) is 0. The summed E-state index contributed by atoms with van der Waals surface area (Å²) in [5.74, 6) is 0. The number of nitrogens with zero attached hydrogens (tertiary/aromatic N) is 1. The molecule has 0 saturated carbocycles. The molecule has 0 aliphatic carbocycles. The number of fused-ring (bicyclic) bond motifs is 7. The first-order valence-corrected chi connectivity index (χ1v) is 20.3. The van der Waals surface area contributed by atoms with Crippen LogP contribution in [0.4, 0.5) is 17.1 Å². The van der Waals surface area contributed by atoms with Gasteiger partial charge in [-0.25, -0.2) is 0 Å². The third kappa shape index (κ3) is 5.35. The van der Waals surface area contributed by atoms with Gasteiger partial charge in [-0.2, -0.15) is 0 Å². The first-order valence-electron chi connectivity index (χ1n) is 18.7. The van der Waals surface area contributed by atoms with Crippen LogP contribution in [-0.4, -0.2) is 0 Å². The van der Waals surface area contributed by atoms with E-state index in [1.54, 1.807) is 0 Å². The normalized spacial score (nSPS) is 11.6. The molecule has 0 N–H and O–H groups in total. The molecule has 0 saturated heterocycles. The van der Waals surface area contributed by atoms with Crippen LogP contribution >= 0.6 is 22.7 Å². The molecule has 0 amide bonds. The van der Waals surface area contributed by atoms with Crippen molar-refractivity contribution >= 4 is 90.9 Å². The summed E-state index contributed by atoms with van der Waals surface area (Å²) in [4.78, 5) is 2.51. The highest BCUT2D eigenvalue weighted by Gasteiger charge is 2.24. The fourth-order valence-electron chi connectivity index (χ4n) is 8.26. The number of benzene rings is 9. The Bertz CT molecular complexity index is 3190. The van der Waals surface area contributed by atoms with Gasteiger partial charge in [-0.1, -0.05) is 164 Å². The molecule has 11 aromatic rings. The van der Waals surface area contributed by atoms with E-state index >= 15 is 0 Å². The number of rotatable bonds is 6. The summed E-state index contributed by atoms with van der Waals surface area (Å²) >= 11 is 3.79. The molecular formula is C52H33NS2. The van der Waals surface area contributed by atoms with Gasteiger partial charge in [0.1, 0.15) is 0 Å². The second-order valence-corrected chi connectivity index (χ2v) is 16.1. The molecule has 55 heavy (non-hydrogen) atoms. The first-order chi connectivity index (χ1) is 27.3. The lowest BCUT2D eigenvalue weighted by Crippen LogP contribution is -2.10. The maximum atomic E-state index is 2.51. The van der Waals surface area contributed by atoms with E-state index in [0.29, 0.717) is 0 Å². The van der Waals surface area contributed by atoms with E-state index < -0.39 is 0 Å². The molecular weight excluding hydrogens is 703 g/mol. The minimum atomic E-state index is 1.13. The van der Waals surface area contributed by atoms with Crippen LogP contribution in [0.25, 0.3) is 84.5 Å². The van der Waals surface area contributed by atoms with Crippen LogP contribution in [0, 0.1) is 0 Å². The van der Waals surface area contributed by atoms with Crippen molar-refractivity contribution in [1.82, 2.24) is 0 Å². The predicted octanol–water partition coefficient (Wildman–Crippen LogP) is 16.0. The van der Waals surface area contributed by atoms with Crippen LogP contribution < -0.4 is 4.90 Å². The Morgan fingerprint density at radius 2 is 0.964 bits per heavy atom. The molecule has 9 aromatic carbocycles. The Balaban J connectivity index is 1.19. The van der Waals surface area contributed by atoms with Gasteiger partial charge in [0.05, 0.1) is 20.8 Å². The third-order valence-corrected chi connectivity index (χ3v) is 13.3. The van der Waals surface area contributed by atoms with Gasteiger partial charge in [0.25, 0.3) is 0 Å². The maximum absolute atomic E-state index is 2.51. The van der Waals surface area contributed by atoms with Gasteiger partial charge in [-0.05, 0) is 80.6 Å². The Labute approximate surface area is 327 Å². The van der Waals surface area contributed by atoms with Crippen molar-refractivity contribution in [3.8, 4) is 33.4 Å². The minimum absolute atomic E-state index is 1.13. The topological polar surface area (TPSA) is 3.24 Å². The first kappa shape index (κ1) is 32.0. The monoisotopic (exact) mass is 735 g/mol. The second kappa shape index (κ2) is 13.1. The summed E-state index contributed by atoms with van der Waals surface area (Å²) in [6.45, 7) is 0. The highest BCUT2D eigenvalue weighted by Crippen LogP contribution is 2.52. The SMILES string of the molecule is c1ccc(-c2cccc3c2sc2c(N(c4ccc(-c5ccc6ccccc6c5)cc4)c4cccc5c4sc4ccccc45)ccc(-c4ccccc4)c23)cc1. The van der Waals surface area contributed by atoms with Crippen LogP contribution in [0.2, 0.25) is 0 Å². The highest BCUT2D eigenvalue weighted by molar-refractivity contribution is 7.27. The lowest BCUT2D eigenvalue weighted by molar-refractivity contribution is 1.32. The van der Waals surface area contributed by atoms with Gasteiger partial charge < -0.3 is 4.90 Å². The Kier molecular flexibility index (Phi) is 7.61. The summed E-state index contributed by atoms with van der Waals surface area (Å²) in [5, 5.41) is 7.68. The Hall–Kier alpha value is -6.52. The average molecular weight is 736 g/mol. The van der Waals surface area contributed by atoms with E-state index in [-0.39, 0.29) is 0 Å². The van der Waals surface area contributed by atoms with Gasteiger partial charge >= 0.3 is 0 Å². The molecule has 2 heterocycles. The van der Waals surface area contributed by atoms with Crippen LogP contribution in [0.15, 0.2) is 200 Å².